The Kier molecular flexibility index (Phi) is 6.51. The number of carbonyl (C=O) groups is 4. The molecule has 4 aliphatic heterocycles. The van der Waals surface area contributed by atoms with Gasteiger partial charge in [-0.1, -0.05) is 18.2 Å². The lowest BCUT2D eigenvalue weighted by atomic mass is 9.69. The van der Waals surface area contributed by atoms with Crippen LogP contribution in [0, 0.1) is 18.3 Å². The zero-order valence-corrected chi connectivity index (χ0v) is 25.6. The van der Waals surface area contributed by atoms with Gasteiger partial charge in [0.05, 0.1) is 43.5 Å². The van der Waals surface area contributed by atoms with Crippen LogP contribution in [0.4, 0.5) is 0 Å². The Morgan fingerprint density at radius 2 is 1.64 bits per heavy atom. The molecule has 1 fully saturated rings. The molecule has 230 valence electrons. The Morgan fingerprint density at radius 1 is 0.978 bits per heavy atom. The first kappa shape index (κ1) is 29.0. The zero-order chi connectivity index (χ0) is 32.1. The number of ether oxygens (including phenoxy) is 2. The van der Waals surface area contributed by atoms with Gasteiger partial charge in [0.1, 0.15) is 6.04 Å². The number of Topliss-reactive ketones (excluding diaryl/α,β-unsaturated/α-hetero) is 2. The standard InChI is InChI=1S/C34H32N4O7/c1-15-10-17-11-21-23(13-35)38-22(27(36(21)3)25(17)29(40)31(15)44-4)12-20-26(30(41)32(45-5)16(2)28(20)39)24(38)14-37-33(42)18-8-6-7-9-19(18)34(37)43/h6-10,21-24,27,40H,11-12,14H2,1-5H3/t21-,22-,23-,24-,27-/m0/s1. The summed E-state index contributed by atoms with van der Waals surface area (Å²) in [6.07, 6.45) is 0.546. The number of benzene rings is 2. The number of piperazine rings is 1. The van der Waals surface area contributed by atoms with Crippen LogP contribution >= 0.6 is 0 Å². The number of aryl methyl sites for hydroxylation is 1. The number of nitrogens with zero attached hydrogens (tertiary/aromatic N) is 4. The minimum Gasteiger partial charge on any atom is -0.504 e. The molecular formula is C34H32N4O7. The molecule has 2 aromatic rings. The number of aromatic hydroxyl groups is 1. The molecule has 2 aromatic carbocycles. The second kappa shape index (κ2) is 10.1. The lowest BCUT2D eigenvalue weighted by Gasteiger charge is -2.60. The molecule has 0 aromatic heterocycles. The first-order valence-electron chi connectivity index (χ1n) is 14.9. The van der Waals surface area contributed by atoms with E-state index in [1.54, 1.807) is 31.2 Å². The number of allylic oxidation sites excluding steroid dienone is 2. The van der Waals surface area contributed by atoms with Gasteiger partial charge in [0, 0.05) is 40.9 Å². The molecule has 0 radical (unpaired) electrons. The fourth-order valence-electron chi connectivity index (χ4n) is 8.37. The van der Waals surface area contributed by atoms with E-state index in [0.29, 0.717) is 17.7 Å². The van der Waals surface area contributed by atoms with E-state index in [1.165, 1.54) is 14.2 Å². The number of phenols is 1. The molecule has 2 amide bonds. The van der Waals surface area contributed by atoms with E-state index in [4.69, 9.17) is 9.47 Å². The van der Waals surface area contributed by atoms with Crippen LogP contribution < -0.4 is 4.74 Å². The molecule has 0 saturated carbocycles. The van der Waals surface area contributed by atoms with Gasteiger partial charge in [0.2, 0.25) is 5.78 Å². The van der Waals surface area contributed by atoms with Crippen LogP contribution in [-0.2, 0) is 20.7 Å². The van der Waals surface area contributed by atoms with Crippen molar-refractivity contribution in [2.24, 2.45) is 0 Å². The van der Waals surface area contributed by atoms with E-state index in [9.17, 15) is 29.5 Å². The number of rotatable bonds is 4. The minimum absolute atomic E-state index is 0.00127. The maximum atomic E-state index is 14.1. The molecule has 11 heteroatoms. The van der Waals surface area contributed by atoms with E-state index in [0.717, 1.165) is 16.0 Å². The fourth-order valence-corrected chi connectivity index (χ4v) is 8.37. The summed E-state index contributed by atoms with van der Waals surface area (Å²) >= 11 is 0. The summed E-state index contributed by atoms with van der Waals surface area (Å²) < 4.78 is 11.0. The fraction of sp³-hybridized carbons (Fsp3) is 0.382. The largest absolute Gasteiger partial charge is 0.504 e. The maximum Gasteiger partial charge on any atom is 0.261 e. The van der Waals surface area contributed by atoms with E-state index in [-0.39, 0.29) is 64.1 Å². The van der Waals surface area contributed by atoms with Crippen molar-refractivity contribution in [2.75, 3.05) is 27.8 Å². The van der Waals surface area contributed by atoms with Crippen LogP contribution in [0.25, 0.3) is 0 Å². The van der Waals surface area contributed by atoms with Crippen LogP contribution in [0.5, 0.6) is 11.5 Å². The highest BCUT2D eigenvalue weighted by Gasteiger charge is 2.58. The highest BCUT2D eigenvalue weighted by molar-refractivity contribution is 6.25. The van der Waals surface area contributed by atoms with Gasteiger partial charge < -0.3 is 14.6 Å². The highest BCUT2D eigenvalue weighted by Crippen LogP contribution is 2.54. The van der Waals surface area contributed by atoms with Crippen molar-refractivity contribution in [3.63, 3.8) is 0 Å². The van der Waals surface area contributed by atoms with Crippen molar-refractivity contribution in [1.29, 1.82) is 5.26 Å². The van der Waals surface area contributed by atoms with Crippen LogP contribution in [-0.4, -0.2) is 95.2 Å². The number of hydrogen-bond donors (Lipinski definition) is 1. The summed E-state index contributed by atoms with van der Waals surface area (Å²) in [5.74, 6) is -1.59. The molecule has 1 saturated heterocycles. The second-order valence-corrected chi connectivity index (χ2v) is 12.3. The number of likely N-dealkylation sites (N-methyl/N-ethyl adjacent to an activating group) is 1. The van der Waals surface area contributed by atoms with Gasteiger partial charge in [-0.2, -0.15) is 5.26 Å². The topological polar surface area (TPSA) is 140 Å². The van der Waals surface area contributed by atoms with Gasteiger partial charge in [-0.25, -0.2) is 0 Å². The Morgan fingerprint density at radius 3 is 2.24 bits per heavy atom. The molecular weight excluding hydrogens is 576 g/mol. The number of methoxy groups -OCH3 is 2. The summed E-state index contributed by atoms with van der Waals surface area (Å²) in [7, 11) is 4.72. The molecule has 1 N–H and O–H groups in total. The summed E-state index contributed by atoms with van der Waals surface area (Å²) in [5, 5.41) is 22.3. The molecule has 2 bridgehead atoms. The summed E-state index contributed by atoms with van der Waals surface area (Å²) in [5.41, 5.74) is 3.41. The van der Waals surface area contributed by atoms with Crippen molar-refractivity contribution in [2.45, 2.75) is 56.9 Å². The summed E-state index contributed by atoms with van der Waals surface area (Å²) in [6, 6.07) is 7.81. The van der Waals surface area contributed by atoms with Gasteiger partial charge in [0.15, 0.2) is 23.0 Å². The normalized spacial score (nSPS) is 27.6. The number of phenolic OH excluding ortho intramolecular Hbond substituents is 1. The third-order valence-corrected chi connectivity index (χ3v) is 10.3. The van der Waals surface area contributed by atoms with Gasteiger partial charge in [-0.3, -0.25) is 33.9 Å². The second-order valence-electron chi connectivity index (χ2n) is 12.3. The van der Waals surface area contributed by atoms with E-state index in [2.05, 4.69) is 11.0 Å². The number of fused-ring (bicyclic) bond motifs is 7. The smallest absolute Gasteiger partial charge is 0.261 e. The van der Waals surface area contributed by atoms with Crippen LogP contribution in [0.15, 0.2) is 52.8 Å². The minimum atomic E-state index is -0.977. The van der Waals surface area contributed by atoms with Crippen molar-refractivity contribution in [3.05, 3.63) is 80.6 Å². The summed E-state index contributed by atoms with van der Waals surface area (Å²) in [4.78, 5) is 60.3. The molecule has 45 heavy (non-hydrogen) atoms. The molecule has 0 spiro atoms. The Bertz CT molecular complexity index is 1820. The Balaban J connectivity index is 1.43. The number of imide groups is 1. The summed E-state index contributed by atoms with van der Waals surface area (Å²) in [6.45, 7) is 3.16. The SMILES string of the molecule is COC1=C(C)C(=O)C2=C(C1=O)[C@H](CN1C(=O)c3ccccc3C1=O)N1[C@@H](C#N)[C@@H]3Cc4cc(C)c(OC)c(O)c4[C@H]([C@@H]1C2)N3C. The van der Waals surface area contributed by atoms with E-state index < -0.39 is 41.8 Å². The highest BCUT2D eigenvalue weighted by atomic mass is 16.5. The average molecular weight is 609 g/mol. The molecule has 5 aliphatic rings. The number of amides is 2. The van der Waals surface area contributed by atoms with Gasteiger partial charge in [-0.05, 0) is 57.0 Å². The lowest BCUT2D eigenvalue weighted by Crippen LogP contribution is -2.71. The molecule has 4 heterocycles. The van der Waals surface area contributed by atoms with Crippen molar-refractivity contribution < 1.29 is 33.8 Å². The predicted octanol–water partition coefficient (Wildman–Crippen LogP) is 2.62. The lowest BCUT2D eigenvalue weighted by molar-refractivity contribution is -0.123. The van der Waals surface area contributed by atoms with E-state index >= 15 is 0 Å². The quantitative estimate of drug-likeness (QED) is 0.407. The van der Waals surface area contributed by atoms with Gasteiger partial charge in [0.25, 0.3) is 11.8 Å². The molecule has 0 unspecified atom stereocenters. The maximum absolute atomic E-state index is 14.1. The zero-order valence-electron chi connectivity index (χ0n) is 25.6. The number of nitriles is 1. The number of ketones is 2. The van der Waals surface area contributed by atoms with Crippen molar-refractivity contribution in [3.8, 4) is 17.6 Å². The van der Waals surface area contributed by atoms with Gasteiger partial charge in [-0.15, -0.1) is 0 Å². The molecule has 1 aliphatic carbocycles. The van der Waals surface area contributed by atoms with Gasteiger partial charge >= 0.3 is 0 Å². The number of carbonyl (C=O) groups excluding carboxylic acids is 4. The Labute approximate surface area is 259 Å². The van der Waals surface area contributed by atoms with Crippen molar-refractivity contribution in [1.82, 2.24) is 14.7 Å². The van der Waals surface area contributed by atoms with Crippen LogP contribution in [0.2, 0.25) is 0 Å². The third-order valence-electron chi connectivity index (χ3n) is 10.3. The monoisotopic (exact) mass is 608 g/mol. The predicted molar refractivity (Wildman–Crippen MR) is 159 cm³/mol. The number of hydrogen-bond acceptors (Lipinski definition) is 10. The van der Waals surface area contributed by atoms with Crippen molar-refractivity contribution >= 4 is 23.4 Å². The molecule has 7 rings (SSSR count). The van der Waals surface area contributed by atoms with E-state index in [1.807, 2.05) is 24.9 Å². The van der Waals surface area contributed by atoms with Crippen LogP contribution in [0.1, 0.15) is 56.8 Å². The average Bonchev–Trinajstić information content (AvgIpc) is 3.25. The first-order chi connectivity index (χ1) is 21.5. The molecule has 11 nitrogen and oxygen atoms in total. The third kappa shape index (κ3) is 3.76. The van der Waals surface area contributed by atoms with Crippen LogP contribution in [0.3, 0.4) is 0 Å². The Hall–Kier alpha value is -4.79. The first-order valence-corrected chi connectivity index (χ1v) is 14.9. The molecule has 5 atom stereocenters.